The lowest BCUT2D eigenvalue weighted by atomic mass is 9.78. The molecule has 0 fully saturated rings. The van der Waals surface area contributed by atoms with Crippen molar-refractivity contribution in [3.8, 4) is 23.0 Å². The maximum atomic E-state index is 10.9. The molecule has 0 unspecified atom stereocenters. The molecule has 170 valence electrons. The molecule has 0 aromatic heterocycles. The van der Waals surface area contributed by atoms with Crippen molar-refractivity contribution >= 4 is 32.3 Å². The molecule has 0 atom stereocenters. The number of fused-ring (bicyclic) bond motifs is 3. The van der Waals surface area contributed by atoms with E-state index in [1.165, 1.54) is 0 Å². The third kappa shape index (κ3) is 3.39. The lowest BCUT2D eigenvalue weighted by Gasteiger charge is -2.25. The molecule has 4 nitrogen and oxygen atoms in total. The van der Waals surface area contributed by atoms with Gasteiger partial charge in [-0.05, 0) is 74.6 Å². The zero-order valence-corrected chi connectivity index (χ0v) is 18.7. The van der Waals surface area contributed by atoms with Crippen molar-refractivity contribution in [1.82, 2.24) is 0 Å². The van der Waals surface area contributed by atoms with Gasteiger partial charge in [0.1, 0.15) is 23.0 Å². The number of hydrogen-bond acceptors (Lipinski definition) is 4. The maximum absolute atomic E-state index is 10.9. The first-order valence-electron chi connectivity index (χ1n) is 11.4. The molecular weight excluding hydrogens is 436 g/mol. The number of hydrogen-bond donors (Lipinski definition) is 4. The molecule has 35 heavy (non-hydrogen) atoms. The molecule has 0 saturated carbocycles. The van der Waals surface area contributed by atoms with Crippen LogP contribution in [0.1, 0.15) is 22.6 Å². The topological polar surface area (TPSA) is 80.9 Å². The first-order chi connectivity index (χ1) is 17.0. The van der Waals surface area contributed by atoms with E-state index in [9.17, 15) is 20.4 Å². The van der Waals surface area contributed by atoms with Crippen LogP contribution in [-0.4, -0.2) is 20.4 Å². The Morgan fingerprint density at radius 3 is 1.51 bits per heavy atom. The first kappa shape index (κ1) is 20.9. The molecule has 4 N–H and O–H groups in total. The minimum Gasteiger partial charge on any atom is -0.508 e. The molecule has 0 saturated heterocycles. The van der Waals surface area contributed by atoms with Gasteiger partial charge in [0.15, 0.2) is 0 Å². The second kappa shape index (κ2) is 7.96. The van der Waals surface area contributed by atoms with Gasteiger partial charge in [-0.2, -0.15) is 0 Å². The fourth-order valence-electron chi connectivity index (χ4n) is 5.31. The molecule has 0 radical (unpaired) electrons. The highest BCUT2D eigenvalue weighted by Crippen LogP contribution is 2.47. The summed E-state index contributed by atoms with van der Waals surface area (Å²) in [5.41, 5.74) is 2.27. The van der Waals surface area contributed by atoms with E-state index in [-0.39, 0.29) is 23.0 Å². The molecule has 0 amide bonds. The van der Waals surface area contributed by atoms with Crippen LogP contribution in [0.25, 0.3) is 32.3 Å². The number of benzene rings is 6. The van der Waals surface area contributed by atoms with E-state index in [4.69, 9.17) is 0 Å². The van der Waals surface area contributed by atoms with Gasteiger partial charge in [-0.3, -0.25) is 0 Å². The van der Waals surface area contributed by atoms with Crippen LogP contribution in [0, 0.1) is 0 Å². The van der Waals surface area contributed by atoms with Crippen LogP contribution in [-0.2, 0) is 0 Å². The summed E-state index contributed by atoms with van der Waals surface area (Å²) in [5.74, 6) is -0.200. The van der Waals surface area contributed by atoms with Crippen molar-refractivity contribution < 1.29 is 20.4 Å². The minimum absolute atomic E-state index is 0.0667. The Hall–Kier alpha value is -4.70. The van der Waals surface area contributed by atoms with E-state index < -0.39 is 5.92 Å². The number of phenolic OH excluding ortho intramolecular Hbond substituents is 4. The van der Waals surface area contributed by atoms with E-state index in [0.717, 1.165) is 16.3 Å². The van der Waals surface area contributed by atoms with E-state index >= 15 is 0 Å². The molecule has 4 heteroatoms. The summed E-state index contributed by atoms with van der Waals surface area (Å²) < 4.78 is 0. The Balaban J connectivity index is 1.82. The van der Waals surface area contributed by atoms with Gasteiger partial charge in [-0.15, -0.1) is 0 Å². The van der Waals surface area contributed by atoms with Crippen molar-refractivity contribution in [3.05, 3.63) is 120 Å². The zero-order valence-electron chi connectivity index (χ0n) is 18.7. The average Bonchev–Trinajstić information content (AvgIpc) is 2.84. The fourth-order valence-corrected chi connectivity index (χ4v) is 5.31. The highest BCUT2D eigenvalue weighted by molar-refractivity contribution is 5.98. The van der Waals surface area contributed by atoms with Gasteiger partial charge in [0, 0.05) is 16.7 Å². The molecular formula is C31H22O4. The highest BCUT2D eigenvalue weighted by Gasteiger charge is 2.26. The SMILES string of the molecule is Oc1cc(C(c2cccc3ccccc23)c2cc(O)cc3cccc(O)c23)c2c(O)cccc2c1. The summed E-state index contributed by atoms with van der Waals surface area (Å²) in [7, 11) is 0. The minimum atomic E-state index is -0.521. The summed E-state index contributed by atoms with van der Waals surface area (Å²) in [5, 5.41) is 47.9. The van der Waals surface area contributed by atoms with Gasteiger partial charge in [0.05, 0.1) is 0 Å². The summed E-state index contributed by atoms with van der Waals surface area (Å²) in [4.78, 5) is 0. The van der Waals surface area contributed by atoms with Crippen molar-refractivity contribution in [2.24, 2.45) is 0 Å². The van der Waals surface area contributed by atoms with Gasteiger partial charge in [-0.25, -0.2) is 0 Å². The molecule has 0 aliphatic rings. The second-order valence-electron chi connectivity index (χ2n) is 8.82. The van der Waals surface area contributed by atoms with Crippen LogP contribution in [0.4, 0.5) is 0 Å². The summed E-state index contributed by atoms with van der Waals surface area (Å²) in [6.45, 7) is 0. The summed E-state index contributed by atoms with van der Waals surface area (Å²) in [6.07, 6.45) is 0. The first-order valence-corrected chi connectivity index (χ1v) is 11.4. The predicted octanol–water partition coefficient (Wildman–Crippen LogP) is 7.15. The smallest absolute Gasteiger partial charge is 0.123 e. The largest absolute Gasteiger partial charge is 0.508 e. The van der Waals surface area contributed by atoms with Crippen LogP contribution in [0.15, 0.2) is 103 Å². The summed E-state index contributed by atoms with van der Waals surface area (Å²) >= 11 is 0. The fraction of sp³-hybridized carbons (Fsp3) is 0.0323. The Morgan fingerprint density at radius 1 is 0.429 bits per heavy atom. The van der Waals surface area contributed by atoms with Gasteiger partial charge < -0.3 is 20.4 Å². The molecule has 0 heterocycles. The number of rotatable bonds is 3. The average molecular weight is 459 g/mol. The molecule has 6 aromatic rings. The molecule has 6 aromatic carbocycles. The number of aromatic hydroxyl groups is 4. The Bertz CT molecular complexity index is 1660. The van der Waals surface area contributed by atoms with Crippen LogP contribution in [0.5, 0.6) is 23.0 Å². The second-order valence-corrected chi connectivity index (χ2v) is 8.82. The van der Waals surface area contributed by atoms with Crippen molar-refractivity contribution in [1.29, 1.82) is 0 Å². The van der Waals surface area contributed by atoms with E-state index in [0.29, 0.717) is 32.7 Å². The standard InChI is InChI=1S/C31H22O4/c32-21-14-19-8-4-12-27(34)29(19)25(16-21)31(24-11-3-7-18-6-1-2-10-23(18)24)26-17-22(33)15-20-9-5-13-28(35)30(20)26/h1-17,31-35H. The highest BCUT2D eigenvalue weighted by atomic mass is 16.3. The van der Waals surface area contributed by atoms with Crippen molar-refractivity contribution in [3.63, 3.8) is 0 Å². The molecule has 0 aliphatic carbocycles. The molecule has 6 rings (SSSR count). The maximum Gasteiger partial charge on any atom is 0.123 e. The predicted molar refractivity (Wildman–Crippen MR) is 139 cm³/mol. The molecule has 0 spiro atoms. The quantitative estimate of drug-likeness (QED) is 0.212. The van der Waals surface area contributed by atoms with E-state index in [1.807, 2.05) is 54.6 Å². The van der Waals surface area contributed by atoms with Crippen molar-refractivity contribution in [2.45, 2.75) is 5.92 Å². The third-order valence-electron chi connectivity index (χ3n) is 6.70. The van der Waals surface area contributed by atoms with E-state index in [2.05, 4.69) is 0 Å². The lowest BCUT2D eigenvalue weighted by molar-refractivity contribution is 0.473. The summed E-state index contributed by atoms with van der Waals surface area (Å²) in [6, 6.07) is 31.0. The van der Waals surface area contributed by atoms with Crippen LogP contribution in [0.2, 0.25) is 0 Å². The van der Waals surface area contributed by atoms with Gasteiger partial charge >= 0.3 is 0 Å². The Labute approximate surface area is 201 Å². The van der Waals surface area contributed by atoms with Crippen LogP contribution < -0.4 is 0 Å². The third-order valence-corrected chi connectivity index (χ3v) is 6.70. The van der Waals surface area contributed by atoms with Crippen molar-refractivity contribution in [2.75, 3.05) is 0 Å². The van der Waals surface area contributed by atoms with Gasteiger partial charge in [-0.1, -0.05) is 66.7 Å². The lowest BCUT2D eigenvalue weighted by Crippen LogP contribution is -2.06. The molecule has 0 bridgehead atoms. The van der Waals surface area contributed by atoms with Gasteiger partial charge in [0.2, 0.25) is 0 Å². The van der Waals surface area contributed by atoms with Crippen LogP contribution in [0.3, 0.4) is 0 Å². The Kier molecular flexibility index (Phi) is 4.75. The number of phenols is 4. The van der Waals surface area contributed by atoms with Crippen LogP contribution >= 0.6 is 0 Å². The normalized spacial score (nSPS) is 11.6. The van der Waals surface area contributed by atoms with E-state index in [1.54, 1.807) is 48.5 Å². The monoisotopic (exact) mass is 458 g/mol. The Morgan fingerprint density at radius 2 is 0.914 bits per heavy atom. The zero-order chi connectivity index (χ0) is 24.1. The van der Waals surface area contributed by atoms with Gasteiger partial charge in [0.25, 0.3) is 0 Å². The molecule has 0 aliphatic heterocycles.